The van der Waals surface area contributed by atoms with Crippen LogP contribution in [0.15, 0.2) is 36.4 Å². The number of fused-ring (bicyclic) bond motifs is 1. The topological polar surface area (TPSA) is 61.4 Å². The van der Waals surface area contributed by atoms with Crippen molar-refractivity contribution in [2.24, 2.45) is 0 Å². The lowest BCUT2D eigenvalue weighted by molar-refractivity contribution is -0.114. The molecule has 1 heterocycles. The second-order valence-corrected chi connectivity index (χ2v) is 5.85. The van der Waals surface area contributed by atoms with Gasteiger partial charge in [0.25, 0.3) is 0 Å². The third kappa shape index (κ3) is 3.76. The summed E-state index contributed by atoms with van der Waals surface area (Å²) in [7, 11) is 0. The highest BCUT2D eigenvalue weighted by atomic mass is 19.1. The molecule has 3 amide bonds. The maximum Gasteiger partial charge on any atom is 0.322 e. The highest BCUT2D eigenvalue weighted by Crippen LogP contribution is 2.25. The zero-order valence-electron chi connectivity index (χ0n) is 13.6. The van der Waals surface area contributed by atoms with Crippen LogP contribution in [0.2, 0.25) is 0 Å². The van der Waals surface area contributed by atoms with Crippen molar-refractivity contribution in [1.82, 2.24) is 4.90 Å². The first-order valence-corrected chi connectivity index (χ1v) is 7.83. The average Bonchev–Trinajstić information content (AvgIpc) is 2.57. The maximum absolute atomic E-state index is 13.9. The summed E-state index contributed by atoms with van der Waals surface area (Å²) in [5.74, 6) is -1.17. The summed E-state index contributed by atoms with van der Waals surface area (Å²) in [6.45, 7) is 1.70. The van der Waals surface area contributed by atoms with Gasteiger partial charge in [0, 0.05) is 30.4 Å². The van der Waals surface area contributed by atoms with Crippen molar-refractivity contribution < 1.29 is 18.4 Å². The molecule has 0 fully saturated rings. The van der Waals surface area contributed by atoms with E-state index in [1.807, 2.05) is 0 Å². The van der Waals surface area contributed by atoms with Gasteiger partial charge >= 0.3 is 6.03 Å². The number of urea groups is 1. The van der Waals surface area contributed by atoms with Gasteiger partial charge in [-0.05, 0) is 42.3 Å². The lowest BCUT2D eigenvalue weighted by atomic mass is 9.99. The number of carbonyl (C=O) groups is 2. The number of nitrogens with zero attached hydrogens (tertiary/aromatic N) is 1. The summed E-state index contributed by atoms with van der Waals surface area (Å²) < 4.78 is 27.7. The van der Waals surface area contributed by atoms with Crippen LogP contribution < -0.4 is 10.6 Å². The molecule has 3 rings (SSSR count). The minimum Gasteiger partial charge on any atom is -0.326 e. The Morgan fingerprint density at radius 2 is 1.64 bits per heavy atom. The molecule has 2 aromatic rings. The number of benzene rings is 2. The second kappa shape index (κ2) is 6.88. The van der Waals surface area contributed by atoms with E-state index in [2.05, 4.69) is 10.6 Å². The second-order valence-electron chi connectivity index (χ2n) is 5.85. The Balaban J connectivity index is 1.72. The number of hydrogen-bond donors (Lipinski definition) is 2. The maximum atomic E-state index is 13.9. The van der Waals surface area contributed by atoms with E-state index in [0.29, 0.717) is 23.5 Å². The fourth-order valence-electron chi connectivity index (χ4n) is 2.85. The van der Waals surface area contributed by atoms with E-state index in [9.17, 15) is 18.4 Å². The summed E-state index contributed by atoms with van der Waals surface area (Å²) in [6.07, 6.45) is 0.262. The average molecular weight is 345 g/mol. The Morgan fingerprint density at radius 1 is 1.00 bits per heavy atom. The highest BCUT2D eigenvalue weighted by Gasteiger charge is 2.25. The first-order chi connectivity index (χ1) is 11.9. The van der Waals surface area contributed by atoms with E-state index in [0.717, 1.165) is 12.1 Å². The van der Waals surface area contributed by atoms with Gasteiger partial charge < -0.3 is 15.5 Å². The van der Waals surface area contributed by atoms with Crippen molar-refractivity contribution >= 4 is 23.3 Å². The number of nitrogens with one attached hydrogen (secondary N) is 2. The van der Waals surface area contributed by atoms with E-state index < -0.39 is 17.7 Å². The molecule has 0 radical (unpaired) electrons. The largest absolute Gasteiger partial charge is 0.326 e. The van der Waals surface area contributed by atoms with Crippen molar-refractivity contribution in [2.75, 3.05) is 17.2 Å². The number of carbonyl (C=O) groups excluding carboxylic acids is 2. The van der Waals surface area contributed by atoms with Crippen molar-refractivity contribution in [3.63, 3.8) is 0 Å². The molecule has 0 unspecified atom stereocenters. The van der Waals surface area contributed by atoms with Crippen LogP contribution in [0.5, 0.6) is 0 Å². The molecule has 0 aromatic heterocycles. The van der Waals surface area contributed by atoms with E-state index in [1.54, 1.807) is 24.3 Å². The zero-order chi connectivity index (χ0) is 18.0. The summed E-state index contributed by atoms with van der Waals surface area (Å²) in [5, 5.41) is 5.34. The SMILES string of the molecule is CC(=O)Nc1cccc(NC(=O)N2CCc3c(F)ccc(F)c3C2)c1. The van der Waals surface area contributed by atoms with E-state index in [-0.39, 0.29) is 24.4 Å². The van der Waals surface area contributed by atoms with Gasteiger partial charge in [-0.1, -0.05) is 6.07 Å². The van der Waals surface area contributed by atoms with Crippen molar-refractivity contribution in [3.05, 3.63) is 59.2 Å². The van der Waals surface area contributed by atoms with Crippen molar-refractivity contribution in [3.8, 4) is 0 Å². The molecular formula is C18H17F2N3O2. The lowest BCUT2D eigenvalue weighted by Gasteiger charge is -2.29. The quantitative estimate of drug-likeness (QED) is 0.875. The molecule has 2 aromatic carbocycles. The van der Waals surface area contributed by atoms with E-state index in [4.69, 9.17) is 0 Å². The molecule has 0 bridgehead atoms. The molecule has 0 atom stereocenters. The van der Waals surface area contributed by atoms with E-state index in [1.165, 1.54) is 11.8 Å². The lowest BCUT2D eigenvalue weighted by Crippen LogP contribution is -2.39. The monoisotopic (exact) mass is 345 g/mol. The molecule has 0 saturated carbocycles. The smallest absolute Gasteiger partial charge is 0.322 e. The van der Waals surface area contributed by atoms with Crippen LogP contribution in [0.25, 0.3) is 0 Å². The first kappa shape index (κ1) is 16.9. The molecule has 7 heteroatoms. The van der Waals surface area contributed by atoms with Crippen LogP contribution >= 0.6 is 0 Å². The molecule has 0 spiro atoms. The molecule has 0 aliphatic carbocycles. The minimum atomic E-state index is -0.512. The predicted octanol–water partition coefficient (Wildman–Crippen LogP) is 3.51. The Morgan fingerprint density at radius 3 is 2.32 bits per heavy atom. The standard InChI is InChI=1S/C18H17F2N3O2/c1-11(24)21-12-3-2-4-13(9-12)22-18(25)23-8-7-14-15(10-23)17(20)6-5-16(14)19/h2-6,9H,7-8,10H2,1H3,(H,21,24)(H,22,25). The predicted molar refractivity (Wildman–Crippen MR) is 90.2 cm³/mol. The Labute approximate surface area is 143 Å². The summed E-state index contributed by atoms with van der Waals surface area (Å²) in [6, 6.07) is 8.48. The fourth-order valence-corrected chi connectivity index (χ4v) is 2.85. The Hall–Kier alpha value is -2.96. The van der Waals surface area contributed by atoms with Gasteiger partial charge in [0.1, 0.15) is 11.6 Å². The summed E-state index contributed by atoms with van der Waals surface area (Å²) >= 11 is 0. The Bertz CT molecular complexity index is 839. The number of halogens is 2. The van der Waals surface area contributed by atoms with Crippen LogP contribution in [0.1, 0.15) is 18.1 Å². The van der Waals surface area contributed by atoms with Crippen LogP contribution in [0, 0.1) is 11.6 Å². The van der Waals surface area contributed by atoms with Gasteiger partial charge in [-0.3, -0.25) is 4.79 Å². The Kier molecular flexibility index (Phi) is 4.65. The zero-order valence-corrected chi connectivity index (χ0v) is 13.6. The summed E-state index contributed by atoms with van der Waals surface area (Å²) in [5.41, 5.74) is 1.61. The first-order valence-electron chi connectivity index (χ1n) is 7.83. The van der Waals surface area contributed by atoms with Gasteiger partial charge in [-0.25, -0.2) is 13.6 Å². The molecule has 2 N–H and O–H groups in total. The third-order valence-electron chi connectivity index (χ3n) is 4.02. The van der Waals surface area contributed by atoms with Gasteiger partial charge in [0.2, 0.25) is 5.91 Å². The van der Waals surface area contributed by atoms with Gasteiger partial charge in [-0.15, -0.1) is 0 Å². The molecular weight excluding hydrogens is 328 g/mol. The molecule has 1 aliphatic heterocycles. The molecule has 1 aliphatic rings. The van der Waals surface area contributed by atoms with Crippen LogP contribution in [0.4, 0.5) is 25.0 Å². The number of rotatable bonds is 2. The highest BCUT2D eigenvalue weighted by molar-refractivity contribution is 5.92. The summed E-state index contributed by atoms with van der Waals surface area (Å²) in [4.78, 5) is 24.9. The van der Waals surface area contributed by atoms with Crippen LogP contribution in [-0.4, -0.2) is 23.4 Å². The van der Waals surface area contributed by atoms with Crippen molar-refractivity contribution in [2.45, 2.75) is 19.9 Å². The minimum absolute atomic E-state index is 0.0101. The van der Waals surface area contributed by atoms with Crippen LogP contribution in [0.3, 0.4) is 0 Å². The van der Waals surface area contributed by atoms with Gasteiger partial charge in [0.05, 0.1) is 6.54 Å². The number of anilines is 2. The molecule has 0 saturated heterocycles. The number of hydrogen-bond acceptors (Lipinski definition) is 2. The van der Waals surface area contributed by atoms with Crippen molar-refractivity contribution in [1.29, 1.82) is 0 Å². The third-order valence-corrected chi connectivity index (χ3v) is 4.02. The molecule has 5 nitrogen and oxygen atoms in total. The normalized spacial score (nSPS) is 13.2. The fraction of sp³-hybridized carbons (Fsp3) is 0.222. The van der Waals surface area contributed by atoms with Gasteiger partial charge in [-0.2, -0.15) is 0 Å². The van der Waals surface area contributed by atoms with Crippen LogP contribution in [-0.2, 0) is 17.8 Å². The molecule has 25 heavy (non-hydrogen) atoms. The molecule has 130 valence electrons. The number of amides is 3. The van der Waals surface area contributed by atoms with E-state index >= 15 is 0 Å². The van der Waals surface area contributed by atoms with Gasteiger partial charge in [0.15, 0.2) is 0 Å².